The summed E-state index contributed by atoms with van der Waals surface area (Å²) in [5, 5.41) is 10.3. The number of aryl methyl sites for hydroxylation is 1. The Labute approximate surface area is 178 Å². The second kappa shape index (κ2) is 8.64. The summed E-state index contributed by atoms with van der Waals surface area (Å²) >= 11 is 0. The second-order valence-electron chi connectivity index (χ2n) is 7.11. The SMILES string of the molecule is CCOC1C(=O)Nc2c(C)nc(NCc3cnn(Cc4ccc(F)cn4)c3)nc2N1C. The van der Waals surface area contributed by atoms with Crippen molar-refractivity contribution in [3.63, 3.8) is 0 Å². The van der Waals surface area contributed by atoms with Gasteiger partial charge < -0.3 is 20.3 Å². The number of nitrogens with zero attached hydrogens (tertiary/aromatic N) is 6. The number of carbonyl (C=O) groups is 1. The Morgan fingerprint density at radius 2 is 2.13 bits per heavy atom. The molecule has 3 aromatic heterocycles. The van der Waals surface area contributed by atoms with E-state index in [1.807, 2.05) is 20.0 Å². The van der Waals surface area contributed by atoms with Crippen LogP contribution in [-0.4, -0.2) is 50.5 Å². The van der Waals surface area contributed by atoms with Gasteiger partial charge in [-0.05, 0) is 26.0 Å². The minimum absolute atomic E-state index is 0.243. The number of rotatable bonds is 7. The first-order valence-electron chi connectivity index (χ1n) is 9.84. The highest BCUT2D eigenvalue weighted by molar-refractivity contribution is 6.02. The van der Waals surface area contributed by atoms with Crippen LogP contribution in [0.3, 0.4) is 0 Å². The van der Waals surface area contributed by atoms with Gasteiger partial charge in [-0.15, -0.1) is 0 Å². The largest absolute Gasteiger partial charge is 0.350 e. The van der Waals surface area contributed by atoms with Gasteiger partial charge in [-0.2, -0.15) is 10.1 Å². The molecule has 0 saturated heterocycles. The van der Waals surface area contributed by atoms with Crippen molar-refractivity contribution in [2.75, 3.05) is 29.2 Å². The third-order valence-corrected chi connectivity index (χ3v) is 4.80. The number of fused-ring (bicyclic) bond motifs is 1. The third kappa shape index (κ3) is 4.45. The van der Waals surface area contributed by atoms with Crippen LogP contribution in [0.15, 0.2) is 30.7 Å². The molecule has 1 unspecified atom stereocenters. The van der Waals surface area contributed by atoms with Gasteiger partial charge >= 0.3 is 0 Å². The van der Waals surface area contributed by atoms with Crippen molar-refractivity contribution >= 4 is 23.4 Å². The maximum atomic E-state index is 13.0. The molecule has 162 valence electrons. The third-order valence-electron chi connectivity index (χ3n) is 4.80. The van der Waals surface area contributed by atoms with Crippen LogP contribution in [0.5, 0.6) is 0 Å². The van der Waals surface area contributed by atoms with Gasteiger partial charge in [0.2, 0.25) is 12.2 Å². The van der Waals surface area contributed by atoms with E-state index >= 15 is 0 Å². The van der Waals surface area contributed by atoms with Gasteiger partial charge in [0.15, 0.2) is 5.82 Å². The van der Waals surface area contributed by atoms with E-state index in [1.165, 1.54) is 12.3 Å². The molecular formula is C20H23FN8O2. The van der Waals surface area contributed by atoms with Crippen molar-refractivity contribution in [3.05, 3.63) is 53.5 Å². The number of carbonyl (C=O) groups excluding carboxylic acids is 1. The highest BCUT2D eigenvalue weighted by Gasteiger charge is 2.33. The fraction of sp³-hybridized carbons (Fsp3) is 0.350. The van der Waals surface area contributed by atoms with E-state index in [0.717, 1.165) is 5.56 Å². The molecule has 0 aromatic carbocycles. The molecule has 4 rings (SSSR count). The molecule has 1 aliphatic heterocycles. The van der Waals surface area contributed by atoms with Crippen LogP contribution in [0.25, 0.3) is 0 Å². The van der Waals surface area contributed by atoms with Gasteiger partial charge in [0.25, 0.3) is 5.91 Å². The molecule has 1 aliphatic rings. The van der Waals surface area contributed by atoms with E-state index < -0.39 is 6.23 Å². The van der Waals surface area contributed by atoms with Gasteiger partial charge in [0.05, 0.1) is 30.3 Å². The summed E-state index contributed by atoms with van der Waals surface area (Å²) < 4.78 is 20.2. The molecule has 2 N–H and O–H groups in total. The molecule has 1 atom stereocenters. The Morgan fingerprint density at radius 1 is 1.29 bits per heavy atom. The molecule has 0 fully saturated rings. The number of likely N-dealkylation sites (N-methyl/N-ethyl adjacent to an activating group) is 1. The zero-order valence-electron chi connectivity index (χ0n) is 17.5. The minimum Gasteiger partial charge on any atom is -0.350 e. The van der Waals surface area contributed by atoms with Crippen molar-refractivity contribution in [2.24, 2.45) is 0 Å². The van der Waals surface area contributed by atoms with Gasteiger partial charge in [0, 0.05) is 32.0 Å². The topological polar surface area (TPSA) is 110 Å². The summed E-state index contributed by atoms with van der Waals surface area (Å²) in [6.45, 7) is 4.96. The number of nitrogens with one attached hydrogen (secondary N) is 2. The highest BCUT2D eigenvalue weighted by atomic mass is 19.1. The minimum atomic E-state index is -0.738. The van der Waals surface area contributed by atoms with Crippen LogP contribution in [0.1, 0.15) is 23.9 Å². The Morgan fingerprint density at radius 3 is 2.87 bits per heavy atom. The predicted molar refractivity (Wildman–Crippen MR) is 112 cm³/mol. The van der Waals surface area contributed by atoms with Crippen molar-refractivity contribution in [1.82, 2.24) is 24.7 Å². The molecule has 0 aliphatic carbocycles. The molecule has 0 saturated carbocycles. The highest BCUT2D eigenvalue weighted by Crippen LogP contribution is 2.32. The zero-order valence-corrected chi connectivity index (χ0v) is 17.5. The van der Waals surface area contributed by atoms with Crippen molar-refractivity contribution in [1.29, 1.82) is 0 Å². The van der Waals surface area contributed by atoms with Crippen molar-refractivity contribution in [3.8, 4) is 0 Å². The summed E-state index contributed by atoms with van der Waals surface area (Å²) in [7, 11) is 1.77. The molecule has 1 amide bonds. The number of hydrogen-bond acceptors (Lipinski definition) is 8. The van der Waals surface area contributed by atoms with E-state index in [9.17, 15) is 9.18 Å². The number of aromatic nitrogens is 5. The summed E-state index contributed by atoms with van der Waals surface area (Å²) in [4.78, 5) is 27.0. The fourth-order valence-corrected chi connectivity index (χ4v) is 3.29. The average molecular weight is 426 g/mol. The standard InChI is InChI=1S/C20H23FN8O2/c1-4-31-19-18(30)26-16-12(2)25-20(27-17(16)28(19)3)23-7-13-8-24-29(10-13)11-15-6-5-14(21)9-22-15/h5-6,8-10,19H,4,7,11H2,1-3H3,(H,26,30)(H,23,25,27). The van der Waals surface area contributed by atoms with Gasteiger partial charge in [0.1, 0.15) is 11.5 Å². The van der Waals surface area contributed by atoms with Crippen molar-refractivity contribution < 1.29 is 13.9 Å². The lowest BCUT2D eigenvalue weighted by Crippen LogP contribution is -2.48. The number of hydrogen-bond donors (Lipinski definition) is 2. The first-order valence-corrected chi connectivity index (χ1v) is 9.84. The van der Waals surface area contributed by atoms with Crippen molar-refractivity contribution in [2.45, 2.75) is 33.2 Å². The Balaban J connectivity index is 1.45. The molecule has 11 heteroatoms. The maximum absolute atomic E-state index is 13.0. The maximum Gasteiger partial charge on any atom is 0.274 e. The summed E-state index contributed by atoms with van der Waals surface area (Å²) in [5.41, 5.74) is 2.87. The first kappa shape index (κ1) is 20.7. The monoisotopic (exact) mass is 426 g/mol. The van der Waals surface area contributed by atoms with Crippen LogP contribution in [0.4, 0.5) is 21.8 Å². The summed E-state index contributed by atoms with van der Waals surface area (Å²) in [6, 6.07) is 3.00. The second-order valence-corrected chi connectivity index (χ2v) is 7.11. The van der Waals surface area contributed by atoms with Crippen LogP contribution in [0, 0.1) is 12.7 Å². The van der Waals surface area contributed by atoms with Gasteiger partial charge in [-0.25, -0.2) is 9.37 Å². The van der Waals surface area contributed by atoms with E-state index in [2.05, 4.69) is 30.7 Å². The number of pyridine rings is 1. The number of ether oxygens (including phenoxy) is 1. The van der Waals surface area contributed by atoms with Gasteiger partial charge in [-0.3, -0.25) is 14.5 Å². The molecule has 4 heterocycles. The summed E-state index contributed by atoms with van der Waals surface area (Å²) in [5.74, 6) is 0.410. The molecule has 31 heavy (non-hydrogen) atoms. The van der Waals surface area contributed by atoms with E-state index in [0.29, 0.717) is 48.5 Å². The quantitative estimate of drug-likeness (QED) is 0.590. The molecular weight excluding hydrogens is 403 g/mol. The Hall–Kier alpha value is -3.60. The van der Waals surface area contributed by atoms with E-state index in [4.69, 9.17) is 4.74 Å². The molecule has 3 aromatic rings. The van der Waals surface area contributed by atoms with Crippen LogP contribution in [-0.2, 0) is 22.6 Å². The number of halogens is 1. The lowest BCUT2D eigenvalue weighted by Gasteiger charge is -2.34. The average Bonchev–Trinajstić information content (AvgIpc) is 3.19. The Bertz CT molecular complexity index is 1090. The fourth-order valence-electron chi connectivity index (χ4n) is 3.29. The molecule has 0 spiro atoms. The molecule has 0 radical (unpaired) electrons. The number of anilines is 3. The van der Waals surface area contributed by atoms with Crippen LogP contribution in [0.2, 0.25) is 0 Å². The first-order chi connectivity index (χ1) is 14.9. The zero-order chi connectivity index (χ0) is 22.0. The predicted octanol–water partition coefficient (Wildman–Crippen LogP) is 1.93. The lowest BCUT2D eigenvalue weighted by atomic mass is 10.2. The molecule has 10 nitrogen and oxygen atoms in total. The van der Waals surface area contributed by atoms with Gasteiger partial charge in [-0.1, -0.05) is 0 Å². The Kier molecular flexibility index (Phi) is 5.76. The molecule has 0 bridgehead atoms. The summed E-state index contributed by atoms with van der Waals surface area (Å²) in [6.07, 6.45) is 4.06. The normalized spacial score (nSPS) is 15.5. The lowest BCUT2D eigenvalue weighted by molar-refractivity contribution is -0.127. The van der Waals surface area contributed by atoms with E-state index in [1.54, 1.807) is 28.9 Å². The van der Waals surface area contributed by atoms with Crippen LogP contribution < -0.4 is 15.5 Å². The smallest absolute Gasteiger partial charge is 0.274 e. The van der Waals surface area contributed by atoms with Crippen LogP contribution >= 0.6 is 0 Å². The number of amides is 1. The van der Waals surface area contributed by atoms with E-state index in [-0.39, 0.29) is 11.7 Å².